The molecule has 0 bridgehead atoms. The molecule has 318 valence electrons. The minimum atomic E-state index is -1.67. The first kappa shape index (κ1) is 42.4. The summed E-state index contributed by atoms with van der Waals surface area (Å²) in [5.74, 6) is -1.42. The first-order valence-corrected chi connectivity index (χ1v) is 20.7. The van der Waals surface area contributed by atoms with Gasteiger partial charge in [-0.15, -0.1) is 0 Å². The van der Waals surface area contributed by atoms with Gasteiger partial charge in [0.2, 0.25) is 6.29 Å². The fourth-order valence-corrected chi connectivity index (χ4v) is 13.5. The molecule has 5 aliphatic carbocycles. The van der Waals surface area contributed by atoms with Gasteiger partial charge in [0, 0.05) is 0 Å². The highest BCUT2D eigenvalue weighted by molar-refractivity contribution is 5.80. The van der Waals surface area contributed by atoms with Crippen LogP contribution < -0.4 is 0 Å². The van der Waals surface area contributed by atoms with Crippen LogP contribution in [-0.2, 0) is 33.3 Å². The van der Waals surface area contributed by atoms with E-state index in [1.54, 1.807) is 0 Å². The molecule has 0 radical (unpaired) electrons. The van der Waals surface area contributed by atoms with E-state index in [1.165, 1.54) is 5.57 Å². The van der Waals surface area contributed by atoms with Crippen molar-refractivity contribution >= 4 is 11.9 Å². The fourth-order valence-electron chi connectivity index (χ4n) is 13.5. The van der Waals surface area contributed by atoms with Gasteiger partial charge in [-0.05, 0) is 103 Å². The second kappa shape index (κ2) is 14.2. The topological polar surface area (TPSA) is 222 Å². The van der Waals surface area contributed by atoms with Crippen LogP contribution in [0, 0.1) is 50.2 Å². The van der Waals surface area contributed by atoms with Gasteiger partial charge in [0.25, 0.3) is 0 Å². The van der Waals surface area contributed by atoms with E-state index < -0.39 is 89.6 Å². The summed E-state index contributed by atoms with van der Waals surface area (Å²) in [6, 6.07) is 0. The van der Waals surface area contributed by atoms with Crippen molar-refractivity contribution in [2.75, 3.05) is 13.7 Å². The lowest BCUT2D eigenvalue weighted by atomic mass is 9.33. The van der Waals surface area contributed by atoms with Gasteiger partial charge in [-0.25, -0.2) is 4.79 Å². The zero-order chi connectivity index (χ0) is 41.1. The van der Waals surface area contributed by atoms with Crippen molar-refractivity contribution in [1.29, 1.82) is 0 Å². The predicted octanol–water partition coefficient (Wildman–Crippen LogP) is 2.11. The summed E-state index contributed by atoms with van der Waals surface area (Å²) in [4.78, 5) is 26.9. The molecule has 14 heteroatoms. The fraction of sp³-hybridized carbons (Fsp3) is 0.905. The normalized spacial score (nSPS) is 52.2. The second-order valence-corrected chi connectivity index (χ2v) is 20.5. The number of aliphatic hydroxyl groups is 7. The molecule has 2 saturated heterocycles. The first-order chi connectivity index (χ1) is 26.0. The molecule has 18 atom stereocenters. The number of hydrogen-bond donors (Lipinski definition) is 7. The van der Waals surface area contributed by atoms with E-state index in [-0.39, 0.29) is 46.7 Å². The van der Waals surface area contributed by atoms with Crippen LogP contribution >= 0.6 is 0 Å². The van der Waals surface area contributed by atoms with E-state index in [0.717, 1.165) is 32.8 Å². The van der Waals surface area contributed by atoms with Crippen molar-refractivity contribution in [3.8, 4) is 0 Å². The molecule has 14 nitrogen and oxygen atoms in total. The molecule has 0 aromatic heterocycles. The minimum absolute atomic E-state index is 0.112. The molecule has 0 aromatic rings. The molecule has 0 spiro atoms. The van der Waals surface area contributed by atoms with E-state index in [1.807, 2.05) is 0 Å². The lowest BCUT2D eigenvalue weighted by Gasteiger charge is -2.71. The number of carbonyl (C=O) groups excluding carboxylic acids is 2. The van der Waals surface area contributed by atoms with Crippen molar-refractivity contribution < 1.29 is 69.0 Å². The monoisotopic (exact) mass is 794 g/mol. The Morgan fingerprint density at radius 1 is 0.768 bits per heavy atom. The highest BCUT2D eigenvalue weighted by atomic mass is 16.7. The van der Waals surface area contributed by atoms with Crippen LogP contribution in [0.2, 0.25) is 0 Å². The Hall–Kier alpha value is -1.72. The lowest BCUT2D eigenvalue weighted by Crippen LogP contribution is -2.68. The summed E-state index contributed by atoms with van der Waals surface area (Å²) in [5.41, 5.74) is -1.46. The van der Waals surface area contributed by atoms with E-state index in [4.69, 9.17) is 23.7 Å². The molecule has 0 amide bonds. The standard InChI is InChI=1S/C42H66O14/c1-37(2)15-16-42(36(51)56-34-30(48)27(45)22(43)19-53-34)21(17-37)20-9-10-24-39(5)13-12-26(54-35-31(49)28(46)29(47)32(55-35)33(50)52-8)38(3,4)23(39)11-14-40(24,6)41(20,7)18-25(42)44/h9,21-32,34-35,43-49H,10-19H2,1-8H3. The number of rotatable bonds is 5. The molecular weight excluding hydrogens is 728 g/mol. The molecule has 2 heterocycles. The van der Waals surface area contributed by atoms with Crippen LogP contribution in [0.15, 0.2) is 11.6 Å². The molecule has 7 aliphatic rings. The van der Waals surface area contributed by atoms with Gasteiger partial charge in [-0.3, -0.25) is 4.79 Å². The van der Waals surface area contributed by atoms with Gasteiger partial charge >= 0.3 is 11.9 Å². The maximum atomic E-state index is 14.5. The summed E-state index contributed by atoms with van der Waals surface area (Å²) in [6.07, 6.45) is -6.70. The number of aliphatic hydroxyl groups excluding tert-OH is 7. The third kappa shape index (κ3) is 6.09. The van der Waals surface area contributed by atoms with Gasteiger partial charge in [0.1, 0.15) is 42.0 Å². The number of esters is 2. The van der Waals surface area contributed by atoms with E-state index >= 15 is 0 Å². The van der Waals surface area contributed by atoms with Crippen molar-refractivity contribution in [1.82, 2.24) is 0 Å². The number of carbonyl (C=O) groups is 2. The molecule has 7 rings (SSSR count). The molecule has 4 saturated carbocycles. The average Bonchev–Trinajstić information content (AvgIpc) is 3.12. The number of ether oxygens (including phenoxy) is 5. The zero-order valence-electron chi connectivity index (χ0n) is 34.2. The van der Waals surface area contributed by atoms with Crippen LogP contribution in [0.25, 0.3) is 0 Å². The van der Waals surface area contributed by atoms with E-state index in [9.17, 15) is 45.3 Å². The van der Waals surface area contributed by atoms with Gasteiger partial charge in [0.15, 0.2) is 12.4 Å². The quantitative estimate of drug-likeness (QED) is 0.120. The highest BCUT2D eigenvalue weighted by Crippen LogP contribution is 2.76. The molecule has 18 unspecified atom stereocenters. The molecule has 2 aliphatic heterocycles. The Balaban J connectivity index is 1.17. The molecule has 56 heavy (non-hydrogen) atoms. The summed E-state index contributed by atoms with van der Waals surface area (Å²) in [5, 5.41) is 75.4. The molecular formula is C42H66O14. The smallest absolute Gasteiger partial charge is 0.337 e. The van der Waals surface area contributed by atoms with Crippen LogP contribution in [0.3, 0.4) is 0 Å². The number of allylic oxidation sites excluding steroid dienone is 2. The molecule has 7 N–H and O–H groups in total. The van der Waals surface area contributed by atoms with Gasteiger partial charge in [-0.2, -0.15) is 0 Å². The van der Waals surface area contributed by atoms with E-state index in [0.29, 0.717) is 32.1 Å². The van der Waals surface area contributed by atoms with Gasteiger partial charge < -0.3 is 59.4 Å². The summed E-state index contributed by atoms with van der Waals surface area (Å²) >= 11 is 0. The minimum Gasteiger partial charge on any atom is -0.467 e. The predicted molar refractivity (Wildman–Crippen MR) is 198 cm³/mol. The Bertz CT molecular complexity index is 1560. The van der Waals surface area contributed by atoms with Crippen LogP contribution in [0.4, 0.5) is 0 Å². The van der Waals surface area contributed by atoms with Gasteiger partial charge in [0.05, 0.1) is 25.9 Å². The Kier molecular flexibility index (Phi) is 10.8. The Morgan fingerprint density at radius 2 is 1.45 bits per heavy atom. The van der Waals surface area contributed by atoms with Crippen molar-refractivity contribution in [3.05, 3.63) is 11.6 Å². The maximum Gasteiger partial charge on any atom is 0.337 e. The largest absolute Gasteiger partial charge is 0.467 e. The highest BCUT2D eigenvalue weighted by Gasteiger charge is 2.72. The number of fused-ring (bicyclic) bond motifs is 7. The second-order valence-electron chi connectivity index (χ2n) is 20.5. The van der Waals surface area contributed by atoms with Crippen molar-refractivity contribution in [2.24, 2.45) is 50.2 Å². The van der Waals surface area contributed by atoms with Crippen molar-refractivity contribution in [3.63, 3.8) is 0 Å². The molecule has 6 fully saturated rings. The van der Waals surface area contributed by atoms with Crippen LogP contribution in [0.1, 0.15) is 106 Å². The maximum absolute atomic E-state index is 14.5. The zero-order valence-corrected chi connectivity index (χ0v) is 34.2. The van der Waals surface area contributed by atoms with E-state index in [2.05, 4.69) is 54.5 Å². The van der Waals surface area contributed by atoms with Gasteiger partial charge in [-0.1, -0.05) is 60.1 Å². The summed E-state index contributed by atoms with van der Waals surface area (Å²) in [7, 11) is 1.16. The molecule has 0 aromatic carbocycles. The van der Waals surface area contributed by atoms with Crippen molar-refractivity contribution in [2.45, 2.75) is 174 Å². The Morgan fingerprint density at radius 3 is 2.12 bits per heavy atom. The number of methoxy groups -OCH3 is 1. The average molecular weight is 795 g/mol. The van der Waals surface area contributed by atoms with Crippen LogP contribution in [-0.4, -0.2) is 129 Å². The van der Waals surface area contributed by atoms with Crippen LogP contribution in [0.5, 0.6) is 0 Å². The SMILES string of the molecule is COC(=O)C1OC(OC2CCC3(C)C(CCC4(C)C3CC=C3C5CC(C)(C)CCC5(C(=O)OC5OCC(O)C(O)C5O)C(O)CC34C)C2(C)C)C(O)C(O)C1O. The summed E-state index contributed by atoms with van der Waals surface area (Å²) in [6.45, 7) is 15.5. The lowest BCUT2D eigenvalue weighted by molar-refractivity contribution is -0.324. The first-order valence-electron chi connectivity index (χ1n) is 20.7. The number of hydrogen-bond acceptors (Lipinski definition) is 14. The third-order valence-corrected chi connectivity index (χ3v) is 17.0. The summed E-state index contributed by atoms with van der Waals surface area (Å²) < 4.78 is 28.4. The third-order valence-electron chi connectivity index (χ3n) is 17.0. The Labute approximate surface area is 329 Å².